The molecule has 2 nitrogen and oxygen atoms in total. The van der Waals surface area contributed by atoms with Crippen molar-refractivity contribution in [3.05, 3.63) is 65.3 Å². The molecule has 29 heavy (non-hydrogen) atoms. The third kappa shape index (κ3) is 5.60. The summed E-state index contributed by atoms with van der Waals surface area (Å²) in [6, 6.07) is 8.57. The number of rotatable bonds is 8. The lowest BCUT2D eigenvalue weighted by Crippen LogP contribution is -2.27. The molecule has 0 spiro atoms. The van der Waals surface area contributed by atoms with E-state index in [1.165, 1.54) is 22.5 Å². The normalized spacial score (nSPS) is 21.6. The van der Waals surface area contributed by atoms with Gasteiger partial charge in [0.05, 0.1) is 0 Å². The van der Waals surface area contributed by atoms with Crippen LogP contribution in [0.1, 0.15) is 64.4 Å². The van der Waals surface area contributed by atoms with Gasteiger partial charge in [0.15, 0.2) is 5.78 Å². The van der Waals surface area contributed by atoms with Crippen LogP contribution in [0.3, 0.4) is 0 Å². The molecule has 0 amide bonds. The van der Waals surface area contributed by atoms with Crippen LogP contribution in [-0.4, -0.2) is 24.8 Å². The molecule has 1 saturated carbocycles. The van der Waals surface area contributed by atoms with E-state index in [1.807, 2.05) is 13.0 Å². The zero-order valence-corrected chi connectivity index (χ0v) is 19.4. The van der Waals surface area contributed by atoms with Crippen LogP contribution in [0, 0.1) is 5.92 Å². The molecule has 1 aliphatic rings. The van der Waals surface area contributed by atoms with Gasteiger partial charge >= 0.3 is 0 Å². The third-order valence-electron chi connectivity index (χ3n) is 6.16. The predicted octanol–water partition coefficient (Wildman–Crippen LogP) is 7.18. The van der Waals surface area contributed by atoms with Crippen LogP contribution in [0.25, 0.3) is 0 Å². The van der Waals surface area contributed by atoms with Crippen LogP contribution in [0.4, 0.5) is 0 Å². The lowest BCUT2D eigenvalue weighted by Gasteiger charge is -2.32. The Bertz CT molecular complexity index is 831. The summed E-state index contributed by atoms with van der Waals surface area (Å²) < 4.78 is 0. The smallest absolute Gasteiger partial charge is 0.166 e. The van der Waals surface area contributed by atoms with E-state index in [0.717, 1.165) is 37.0 Å². The fourth-order valence-corrected chi connectivity index (χ4v) is 4.91. The van der Waals surface area contributed by atoms with Crippen molar-refractivity contribution in [2.24, 2.45) is 10.9 Å². The summed E-state index contributed by atoms with van der Waals surface area (Å²) in [6.45, 7) is 10.2. The Hall–Kier alpha value is -1.87. The number of carbonyl (C=O) groups excluding carboxylic acids is 1. The predicted molar refractivity (Wildman–Crippen MR) is 128 cm³/mol. The van der Waals surface area contributed by atoms with E-state index in [4.69, 9.17) is 0 Å². The van der Waals surface area contributed by atoms with E-state index in [-0.39, 0.29) is 17.6 Å². The zero-order chi connectivity index (χ0) is 21.4. The van der Waals surface area contributed by atoms with Crippen molar-refractivity contribution in [1.82, 2.24) is 0 Å². The Balaban J connectivity index is 2.46. The second-order valence-corrected chi connectivity index (χ2v) is 8.61. The summed E-state index contributed by atoms with van der Waals surface area (Å²) >= 11 is 1.77. The van der Waals surface area contributed by atoms with Crippen molar-refractivity contribution >= 4 is 23.3 Å². The molecule has 0 bridgehead atoms. The van der Waals surface area contributed by atoms with Crippen LogP contribution in [0.5, 0.6) is 0 Å². The number of benzene rings is 1. The summed E-state index contributed by atoms with van der Waals surface area (Å²) in [4.78, 5) is 19.3. The molecule has 2 atom stereocenters. The number of thioether (sulfide) groups is 1. The summed E-state index contributed by atoms with van der Waals surface area (Å²) in [5, 5.41) is 0. The first-order valence-electron chi connectivity index (χ1n) is 10.6. The Morgan fingerprint density at radius 2 is 1.93 bits per heavy atom. The van der Waals surface area contributed by atoms with E-state index in [2.05, 4.69) is 55.9 Å². The largest absolute Gasteiger partial charge is 0.294 e. The molecule has 0 saturated heterocycles. The van der Waals surface area contributed by atoms with Crippen LogP contribution in [0.2, 0.25) is 0 Å². The molecule has 0 aromatic heterocycles. The van der Waals surface area contributed by atoms with Gasteiger partial charge < -0.3 is 0 Å². The van der Waals surface area contributed by atoms with Crippen molar-refractivity contribution in [2.45, 2.75) is 63.7 Å². The molecule has 156 valence electrons. The minimum Gasteiger partial charge on any atom is -0.294 e. The molecule has 2 rings (SSSR count). The Labute approximate surface area is 181 Å². The van der Waals surface area contributed by atoms with E-state index in [1.54, 1.807) is 24.9 Å². The van der Waals surface area contributed by atoms with Gasteiger partial charge in [0.1, 0.15) is 0 Å². The molecule has 3 heteroatoms. The highest BCUT2D eigenvalue weighted by molar-refractivity contribution is 7.98. The van der Waals surface area contributed by atoms with Crippen molar-refractivity contribution in [3.63, 3.8) is 0 Å². The fraction of sp³-hybridized carbons (Fsp3) is 0.462. The van der Waals surface area contributed by atoms with Gasteiger partial charge in [0, 0.05) is 29.1 Å². The lowest BCUT2D eigenvalue weighted by molar-refractivity contribution is -0.120. The number of ketones is 1. The number of Topliss-reactive ketones (excluding diaryl/α,β-unsaturated/α-hetero) is 1. The molecular formula is C26H35NOS. The summed E-state index contributed by atoms with van der Waals surface area (Å²) in [6.07, 6.45) is 11.1. The van der Waals surface area contributed by atoms with Gasteiger partial charge in [-0.1, -0.05) is 56.2 Å². The van der Waals surface area contributed by atoms with Crippen molar-refractivity contribution < 1.29 is 4.79 Å². The maximum Gasteiger partial charge on any atom is 0.166 e. The Morgan fingerprint density at radius 1 is 1.24 bits per heavy atom. The standard InChI is InChI=1S/C26H35NOS/c1-7-18(3)24(19(4)27-5)17-20(8-2)26(28)23-15-10-9-13-21(23)22-14-11-12-16-25(22)29-6/h8,11-12,14,16-17,21,23H,2,7,9-10,13,15H2,1,3-6H3/b20-17+,24-18-,27-19?/t21-,23?/m0/s1. The van der Waals surface area contributed by atoms with Gasteiger partial charge in [-0.15, -0.1) is 11.8 Å². The van der Waals surface area contributed by atoms with Crippen LogP contribution >= 0.6 is 11.8 Å². The number of carbonyl (C=O) groups is 1. The van der Waals surface area contributed by atoms with Gasteiger partial charge in [-0.25, -0.2) is 0 Å². The molecule has 1 aliphatic carbocycles. The molecule has 0 radical (unpaired) electrons. The van der Waals surface area contributed by atoms with E-state index < -0.39 is 0 Å². The van der Waals surface area contributed by atoms with Gasteiger partial charge in [-0.3, -0.25) is 9.79 Å². The highest BCUT2D eigenvalue weighted by Gasteiger charge is 2.34. The molecule has 1 aromatic rings. The quantitative estimate of drug-likeness (QED) is 0.197. The molecule has 1 unspecified atom stereocenters. The molecule has 1 aromatic carbocycles. The minimum absolute atomic E-state index is 0.0170. The average molecular weight is 410 g/mol. The second-order valence-electron chi connectivity index (χ2n) is 7.76. The highest BCUT2D eigenvalue weighted by Crippen LogP contribution is 2.42. The van der Waals surface area contributed by atoms with Crippen molar-refractivity contribution in [3.8, 4) is 0 Å². The SMILES string of the molecule is C=C/C(=C\C(C(C)=NC)=C(/C)CC)C(=O)C1CCCC[C@H]1c1ccccc1SC. The van der Waals surface area contributed by atoms with Gasteiger partial charge in [-0.05, 0) is 68.6 Å². The van der Waals surface area contributed by atoms with E-state index in [9.17, 15) is 4.79 Å². The molecular weight excluding hydrogens is 374 g/mol. The van der Waals surface area contributed by atoms with Gasteiger partial charge in [0.25, 0.3) is 0 Å². The molecule has 0 aliphatic heterocycles. The first-order valence-corrected chi connectivity index (χ1v) is 11.9. The number of allylic oxidation sites excluding steroid dienone is 5. The second kappa shape index (κ2) is 11.3. The molecule has 0 N–H and O–H groups in total. The van der Waals surface area contributed by atoms with Gasteiger partial charge in [-0.2, -0.15) is 0 Å². The number of hydrogen-bond donors (Lipinski definition) is 0. The summed E-state index contributed by atoms with van der Waals surface area (Å²) in [5.74, 6) is 0.526. The topological polar surface area (TPSA) is 29.4 Å². The third-order valence-corrected chi connectivity index (χ3v) is 6.97. The summed E-state index contributed by atoms with van der Waals surface area (Å²) in [7, 11) is 1.80. The average Bonchev–Trinajstić information content (AvgIpc) is 2.78. The van der Waals surface area contributed by atoms with Crippen molar-refractivity contribution in [1.29, 1.82) is 0 Å². The Morgan fingerprint density at radius 3 is 2.55 bits per heavy atom. The monoisotopic (exact) mass is 409 g/mol. The maximum atomic E-state index is 13.7. The molecule has 1 fully saturated rings. The van der Waals surface area contributed by atoms with Crippen LogP contribution in [-0.2, 0) is 4.79 Å². The van der Waals surface area contributed by atoms with Gasteiger partial charge in [0.2, 0.25) is 0 Å². The number of hydrogen-bond acceptors (Lipinski definition) is 3. The zero-order valence-electron chi connectivity index (χ0n) is 18.6. The van der Waals surface area contributed by atoms with E-state index in [0.29, 0.717) is 5.57 Å². The molecule has 0 heterocycles. The first kappa shape index (κ1) is 23.4. The maximum absolute atomic E-state index is 13.7. The number of nitrogens with zero attached hydrogens (tertiary/aromatic N) is 1. The minimum atomic E-state index is 0.0170. The Kier molecular flexibility index (Phi) is 9.16. The number of aliphatic imine (C=N–C) groups is 1. The summed E-state index contributed by atoms with van der Waals surface area (Å²) in [5.41, 5.74) is 5.32. The first-order chi connectivity index (χ1) is 14.0. The van der Waals surface area contributed by atoms with E-state index >= 15 is 0 Å². The van der Waals surface area contributed by atoms with Crippen LogP contribution in [0.15, 0.2) is 69.6 Å². The van der Waals surface area contributed by atoms with Crippen molar-refractivity contribution in [2.75, 3.05) is 13.3 Å². The van der Waals surface area contributed by atoms with Crippen LogP contribution < -0.4 is 0 Å². The lowest BCUT2D eigenvalue weighted by atomic mass is 9.72. The highest BCUT2D eigenvalue weighted by atomic mass is 32.2. The fourth-order valence-electron chi connectivity index (χ4n) is 4.24.